The number of carbonyl (C=O) groups is 2. The van der Waals surface area contributed by atoms with Crippen molar-refractivity contribution in [2.45, 2.75) is 0 Å². The number of nitrogens with zero attached hydrogens (tertiary/aromatic N) is 3. The molecule has 0 saturated carbocycles. The normalized spacial score (nSPS) is 14.7. The highest BCUT2D eigenvalue weighted by atomic mass is 19.2. The topological polar surface area (TPSA) is 55.9 Å². The van der Waals surface area contributed by atoms with Crippen molar-refractivity contribution in [1.82, 2.24) is 15.1 Å². The summed E-state index contributed by atoms with van der Waals surface area (Å²) in [7, 11) is 3.80. The predicted octanol–water partition coefficient (Wildman–Crippen LogP) is 0.885. The molecular formula is C15H20F2N4O2. The molecular weight excluding hydrogens is 306 g/mol. The molecule has 1 fully saturated rings. The molecule has 1 N–H and O–H groups in total. The average molecular weight is 326 g/mol. The molecule has 0 aliphatic carbocycles. The Labute approximate surface area is 133 Å². The molecule has 8 heteroatoms. The minimum absolute atomic E-state index is 0.0492. The van der Waals surface area contributed by atoms with E-state index < -0.39 is 17.7 Å². The first kappa shape index (κ1) is 17.1. The molecule has 1 aromatic carbocycles. The SMILES string of the molecule is CN(C)CCNC(=O)CN1CCN(c2ccc(F)c(F)c2)C1=O. The second kappa shape index (κ2) is 7.36. The minimum atomic E-state index is -1.00. The van der Waals surface area contributed by atoms with Gasteiger partial charge in [-0.3, -0.25) is 9.69 Å². The van der Waals surface area contributed by atoms with Gasteiger partial charge < -0.3 is 15.1 Å². The first-order valence-electron chi connectivity index (χ1n) is 7.31. The standard InChI is InChI=1S/C15H20F2N4O2/c1-19(2)6-5-18-14(22)10-20-7-8-21(15(20)23)11-3-4-12(16)13(17)9-11/h3-4,9H,5-8,10H2,1-2H3,(H,18,22). The molecule has 0 spiro atoms. The summed E-state index contributed by atoms with van der Waals surface area (Å²) < 4.78 is 26.2. The molecule has 1 aliphatic heterocycles. The summed E-state index contributed by atoms with van der Waals surface area (Å²) in [6, 6.07) is 2.91. The zero-order chi connectivity index (χ0) is 17.0. The minimum Gasteiger partial charge on any atom is -0.353 e. The molecule has 0 radical (unpaired) electrons. The number of likely N-dealkylation sites (N-methyl/N-ethyl adjacent to an activating group) is 1. The Morgan fingerprint density at radius 2 is 2.00 bits per heavy atom. The van der Waals surface area contributed by atoms with Crippen LogP contribution in [-0.2, 0) is 4.79 Å². The van der Waals surface area contributed by atoms with Crippen molar-refractivity contribution < 1.29 is 18.4 Å². The molecule has 23 heavy (non-hydrogen) atoms. The largest absolute Gasteiger partial charge is 0.353 e. The highest BCUT2D eigenvalue weighted by molar-refractivity contribution is 5.96. The molecule has 6 nitrogen and oxygen atoms in total. The molecule has 0 atom stereocenters. The summed E-state index contributed by atoms with van der Waals surface area (Å²) in [6.45, 7) is 1.85. The zero-order valence-electron chi connectivity index (χ0n) is 13.2. The van der Waals surface area contributed by atoms with Crippen LogP contribution >= 0.6 is 0 Å². The van der Waals surface area contributed by atoms with E-state index in [2.05, 4.69) is 5.32 Å². The van der Waals surface area contributed by atoms with Crippen LogP contribution in [-0.4, -0.2) is 68.6 Å². The number of hydrogen-bond donors (Lipinski definition) is 1. The first-order valence-corrected chi connectivity index (χ1v) is 7.31. The summed E-state index contributed by atoms with van der Waals surface area (Å²) in [5, 5.41) is 2.73. The van der Waals surface area contributed by atoms with Crippen molar-refractivity contribution in [2.75, 3.05) is 51.7 Å². The molecule has 3 amide bonds. The highest BCUT2D eigenvalue weighted by Gasteiger charge is 2.31. The smallest absolute Gasteiger partial charge is 0.325 e. The molecule has 1 heterocycles. The van der Waals surface area contributed by atoms with Crippen molar-refractivity contribution in [3.63, 3.8) is 0 Å². The van der Waals surface area contributed by atoms with Crippen LogP contribution in [0.2, 0.25) is 0 Å². The highest BCUT2D eigenvalue weighted by Crippen LogP contribution is 2.22. The Balaban J connectivity index is 1.91. The number of carbonyl (C=O) groups excluding carboxylic acids is 2. The fourth-order valence-corrected chi connectivity index (χ4v) is 2.27. The molecule has 1 saturated heterocycles. The Kier molecular flexibility index (Phi) is 5.49. The van der Waals surface area contributed by atoms with Crippen molar-refractivity contribution in [3.05, 3.63) is 29.8 Å². The van der Waals surface area contributed by atoms with Crippen LogP contribution in [0.15, 0.2) is 18.2 Å². The Bertz CT molecular complexity index is 595. The predicted molar refractivity (Wildman–Crippen MR) is 82.2 cm³/mol. The van der Waals surface area contributed by atoms with E-state index in [0.29, 0.717) is 26.2 Å². The number of urea groups is 1. The van der Waals surface area contributed by atoms with E-state index in [1.807, 2.05) is 19.0 Å². The van der Waals surface area contributed by atoms with Gasteiger partial charge in [-0.1, -0.05) is 0 Å². The third-order valence-corrected chi connectivity index (χ3v) is 3.53. The van der Waals surface area contributed by atoms with E-state index >= 15 is 0 Å². The number of nitrogens with one attached hydrogen (secondary N) is 1. The second-order valence-corrected chi connectivity index (χ2v) is 5.61. The lowest BCUT2D eigenvalue weighted by molar-refractivity contribution is -0.121. The summed E-state index contributed by atoms with van der Waals surface area (Å²) in [5.41, 5.74) is 0.282. The lowest BCUT2D eigenvalue weighted by atomic mass is 10.3. The van der Waals surface area contributed by atoms with Crippen molar-refractivity contribution in [1.29, 1.82) is 0 Å². The van der Waals surface area contributed by atoms with Gasteiger partial charge >= 0.3 is 6.03 Å². The number of anilines is 1. The summed E-state index contributed by atoms with van der Waals surface area (Å²) in [4.78, 5) is 28.7. The fraction of sp³-hybridized carbons (Fsp3) is 0.467. The maximum absolute atomic E-state index is 13.3. The fourth-order valence-electron chi connectivity index (χ4n) is 2.27. The van der Waals surface area contributed by atoms with Crippen LogP contribution in [0.4, 0.5) is 19.3 Å². The van der Waals surface area contributed by atoms with E-state index in [9.17, 15) is 18.4 Å². The van der Waals surface area contributed by atoms with Crippen molar-refractivity contribution >= 4 is 17.6 Å². The van der Waals surface area contributed by atoms with Gasteiger partial charge in [-0.2, -0.15) is 0 Å². The van der Waals surface area contributed by atoms with Gasteiger partial charge in [0.05, 0.1) is 0 Å². The quantitative estimate of drug-likeness (QED) is 0.844. The van der Waals surface area contributed by atoms with E-state index in [1.165, 1.54) is 15.9 Å². The van der Waals surface area contributed by atoms with Crippen LogP contribution in [0, 0.1) is 11.6 Å². The first-order chi connectivity index (χ1) is 10.9. The monoisotopic (exact) mass is 326 g/mol. The van der Waals surface area contributed by atoms with Gasteiger partial charge in [-0.15, -0.1) is 0 Å². The second-order valence-electron chi connectivity index (χ2n) is 5.61. The van der Waals surface area contributed by atoms with Crippen LogP contribution in [0.5, 0.6) is 0 Å². The number of hydrogen-bond acceptors (Lipinski definition) is 3. The number of benzene rings is 1. The number of amides is 3. The van der Waals surface area contributed by atoms with Gasteiger partial charge in [0.2, 0.25) is 5.91 Å². The molecule has 126 valence electrons. The summed E-state index contributed by atoms with van der Waals surface area (Å²) >= 11 is 0. The van der Waals surface area contributed by atoms with Gasteiger partial charge in [0.1, 0.15) is 6.54 Å². The van der Waals surface area contributed by atoms with E-state index in [4.69, 9.17) is 0 Å². The molecule has 2 rings (SSSR count). The third-order valence-electron chi connectivity index (χ3n) is 3.53. The molecule has 0 aromatic heterocycles. The van der Waals surface area contributed by atoms with Crippen molar-refractivity contribution in [3.8, 4) is 0 Å². The van der Waals surface area contributed by atoms with Crippen LogP contribution < -0.4 is 10.2 Å². The number of halogens is 2. The van der Waals surface area contributed by atoms with Crippen LogP contribution in [0.1, 0.15) is 0 Å². The van der Waals surface area contributed by atoms with E-state index in [0.717, 1.165) is 12.1 Å². The number of rotatable bonds is 6. The molecule has 0 unspecified atom stereocenters. The van der Waals surface area contributed by atoms with Crippen molar-refractivity contribution in [2.24, 2.45) is 0 Å². The summed E-state index contributed by atoms with van der Waals surface area (Å²) in [6.07, 6.45) is 0. The third kappa shape index (κ3) is 4.38. The zero-order valence-corrected chi connectivity index (χ0v) is 13.2. The van der Waals surface area contributed by atoms with Crippen LogP contribution in [0.25, 0.3) is 0 Å². The van der Waals surface area contributed by atoms with Gasteiger partial charge in [-0.25, -0.2) is 13.6 Å². The lowest BCUT2D eigenvalue weighted by Crippen LogP contribution is -2.41. The van der Waals surface area contributed by atoms with Gasteiger partial charge in [0, 0.05) is 37.9 Å². The maximum Gasteiger partial charge on any atom is 0.325 e. The van der Waals surface area contributed by atoms with Crippen LogP contribution in [0.3, 0.4) is 0 Å². The Morgan fingerprint density at radius 1 is 1.26 bits per heavy atom. The molecule has 0 bridgehead atoms. The van der Waals surface area contributed by atoms with E-state index in [-0.39, 0.29) is 18.1 Å². The molecule has 1 aromatic rings. The van der Waals surface area contributed by atoms with Gasteiger partial charge in [0.25, 0.3) is 0 Å². The Hall–Kier alpha value is -2.22. The van der Waals surface area contributed by atoms with E-state index in [1.54, 1.807) is 0 Å². The maximum atomic E-state index is 13.3. The lowest BCUT2D eigenvalue weighted by Gasteiger charge is -2.19. The molecule has 1 aliphatic rings. The Morgan fingerprint density at radius 3 is 2.65 bits per heavy atom. The van der Waals surface area contributed by atoms with Gasteiger partial charge in [-0.05, 0) is 26.2 Å². The summed E-state index contributed by atoms with van der Waals surface area (Å²) in [5.74, 6) is -2.21. The van der Waals surface area contributed by atoms with Gasteiger partial charge in [0.15, 0.2) is 11.6 Å². The average Bonchev–Trinajstić information content (AvgIpc) is 2.83.